The Morgan fingerprint density at radius 1 is 1.15 bits per heavy atom. The fourth-order valence-electron chi connectivity index (χ4n) is 1.82. The van der Waals surface area contributed by atoms with Gasteiger partial charge in [0.05, 0.1) is 0 Å². The maximum absolute atomic E-state index is 11.5. The maximum atomic E-state index is 11.5. The molecule has 1 atom stereocenters. The molecule has 0 bridgehead atoms. The molecule has 0 amide bonds. The number of ether oxygens (including phenoxy) is 2. The van der Waals surface area contributed by atoms with Crippen LogP contribution in [0.25, 0.3) is 0 Å². The first-order chi connectivity index (χ1) is 9.72. The summed E-state index contributed by atoms with van der Waals surface area (Å²) in [4.78, 5) is 11.5. The minimum absolute atomic E-state index is 0.231. The van der Waals surface area contributed by atoms with Crippen molar-refractivity contribution in [3.63, 3.8) is 0 Å². The fourth-order valence-corrected chi connectivity index (χ4v) is 1.82. The van der Waals surface area contributed by atoms with E-state index in [0.29, 0.717) is 12.2 Å². The first-order valence-corrected chi connectivity index (χ1v) is 7.27. The largest absolute Gasteiger partial charge is 0.425 e. The van der Waals surface area contributed by atoms with Gasteiger partial charge in [0.1, 0.15) is 12.4 Å². The molecule has 1 N–H and O–H groups in total. The molecule has 1 rings (SSSR count). The highest BCUT2D eigenvalue weighted by molar-refractivity contribution is 5.73. The van der Waals surface area contributed by atoms with Crippen molar-refractivity contribution >= 4 is 5.97 Å². The van der Waals surface area contributed by atoms with E-state index in [1.165, 1.54) is 19.3 Å². The van der Waals surface area contributed by atoms with E-state index < -0.39 is 12.3 Å². The van der Waals surface area contributed by atoms with Crippen molar-refractivity contribution in [1.82, 2.24) is 0 Å². The lowest BCUT2D eigenvalue weighted by Crippen LogP contribution is -2.21. The van der Waals surface area contributed by atoms with Crippen LogP contribution in [0.4, 0.5) is 0 Å². The van der Waals surface area contributed by atoms with Crippen molar-refractivity contribution in [2.45, 2.75) is 51.7 Å². The number of rotatable bonds is 10. The third kappa shape index (κ3) is 7.92. The van der Waals surface area contributed by atoms with Gasteiger partial charge in [0.2, 0.25) is 0 Å². The molecule has 0 aliphatic rings. The Balaban J connectivity index is 2.08. The average molecular weight is 280 g/mol. The molecule has 0 saturated heterocycles. The fraction of sp³-hybridized carbons (Fsp3) is 0.562. The van der Waals surface area contributed by atoms with E-state index in [1.807, 2.05) is 6.07 Å². The highest BCUT2D eigenvalue weighted by atomic mass is 16.6. The monoisotopic (exact) mass is 280 g/mol. The minimum Gasteiger partial charge on any atom is -0.425 e. The van der Waals surface area contributed by atoms with Gasteiger partial charge in [0.15, 0.2) is 6.29 Å². The molecule has 0 aromatic heterocycles. The van der Waals surface area contributed by atoms with E-state index in [2.05, 4.69) is 6.92 Å². The average Bonchev–Trinajstić information content (AvgIpc) is 2.46. The number of carbonyl (C=O) groups excluding carboxylic acids is 1. The molecule has 4 nitrogen and oxygen atoms in total. The molecule has 0 radical (unpaired) electrons. The van der Waals surface area contributed by atoms with Crippen molar-refractivity contribution in [3.05, 3.63) is 30.3 Å². The molecular formula is C16H24O4. The number of carbonyl (C=O) groups is 1. The molecule has 112 valence electrons. The lowest BCUT2D eigenvalue weighted by atomic mass is 10.1. The Morgan fingerprint density at radius 2 is 1.85 bits per heavy atom. The highest BCUT2D eigenvalue weighted by Gasteiger charge is 2.09. The summed E-state index contributed by atoms with van der Waals surface area (Å²) in [6.45, 7) is 1.93. The second-order valence-corrected chi connectivity index (χ2v) is 4.76. The third-order valence-corrected chi connectivity index (χ3v) is 2.92. The van der Waals surface area contributed by atoms with Gasteiger partial charge in [-0.05, 0) is 25.0 Å². The van der Waals surface area contributed by atoms with Crippen molar-refractivity contribution in [2.24, 2.45) is 0 Å². The van der Waals surface area contributed by atoms with Gasteiger partial charge in [-0.15, -0.1) is 0 Å². The lowest BCUT2D eigenvalue weighted by Gasteiger charge is -2.11. The molecule has 0 aliphatic carbocycles. The molecule has 4 heteroatoms. The molecule has 0 heterocycles. The summed E-state index contributed by atoms with van der Waals surface area (Å²) in [5.74, 6) is -0.0172. The number of aliphatic hydroxyl groups excluding tert-OH is 1. The predicted molar refractivity (Wildman–Crippen MR) is 77.4 cm³/mol. The van der Waals surface area contributed by atoms with Gasteiger partial charge in [-0.3, -0.25) is 0 Å². The second kappa shape index (κ2) is 10.4. The van der Waals surface area contributed by atoms with Crippen molar-refractivity contribution in [1.29, 1.82) is 0 Å². The van der Waals surface area contributed by atoms with Crippen LogP contribution in [-0.2, 0) is 9.53 Å². The van der Waals surface area contributed by atoms with E-state index in [-0.39, 0.29) is 6.61 Å². The molecule has 0 saturated carbocycles. The Kier molecular flexibility index (Phi) is 8.67. The zero-order chi connectivity index (χ0) is 14.6. The predicted octanol–water partition coefficient (Wildman–Crippen LogP) is 3.29. The lowest BCUT2D eigenvalue weighted by molar-refractivity contribution is -0.154. The van der Waals surface area contributed by atoms with Crippen LogP contribution < -0.4 is 4.74 Å². The summed E-state index contributed by atoms with van der Waals surface area (Å²) in [6, 6.07) is 8.81. The minimum atomic E-state index is -0.889. The van der Waals surface area contributed by atoms with E-state index in [0.717, 1.165) is 12.8 Å². The SMILES string of the molecule is CCCCCCCC(O)OCC(=O)Oc1ccccc1. The molecule has 1 unspecified atom stereocenters. The van der Waals surface area contributed by atoms with E-state index in [9.17, 15) is 9.90 Å². The van der Waals surface area contributed by atoms with Gasteiger partial charge in [0.25, 0.3) is 0 Å². The van der Waals surface area contributed by atoms with Crippen LogP contribution in [0.1, 0.15) is 45.4 Å². The zero-order valence-corrected chi connectivity index (χ0v) is 12.1. The van der Waals surface area contributed by atoms with E-state index in [1.54, 1.807) is 24.3 Å². The summed E-state index contributed by atoms with van der Waals surface area (Å²) >= 11 is 0. The van der Waals surface area contributed by atoms with Crippen LogP contribution in [0.5, 0.6) is 5.75 Å². The van der Waals surface area contributed by atoms with Crippen LogP contribution in [0.2, 0.25) is 0 Å². The van der Waals surface area contributed by atoms with Gasteiger partial charge in [-0.25, -0.2) is 4.79 Å². The van der Waals surface area contributed by atoms with E-state index in [4.69, 9.17) is 9.47 Å². The normalized spacial score (nSPS) is 12.1. The molecule has 0 fully saturated rings. The Hall–Kier alpha value is -1.39. The number of esters is 1. The van der Waals surface area contributed by atoms with Gasteiger partial charge < -0.3 is 14.6 Å². The standard InChI is InChI=1S/C16H24O4/c1-2-3-4-5-9-12-15(17)19-13-16(18)20-14-10-7-6-8-11-14/h6-8,10-11,15,17H,2-5,9,12-13H2,1H3. The number of unbranched alkanes of at least 4 members (excludes halogenated alkanes) is 4. The van der Waals surface area contributed by atoms with E-state index >= 15 is 0 Å². The second-order valence-electron chi connectivity index (χ2n) is 4.76. The van der Waals surface area contributed by atoms with Crippen molar-refractivity contribution in [2.75, 3.05) is 6.61 Å². The molecular weight excluding hydrogens is 256 g/mol. The van der Waals surface area contributed by atoms with Crippen molar-refractivity contribution < 1.29 is 19.4 Å². The van der Waals surface area contributed by atoms with Crippen LogP contribution in [0, 0.1) is 0 Å². The summed E-state index contributed by atoms with van der Waals surface area (Å²) in [5.41, 5.74) is 0. The summed E-state index contributed by atoms with van der Waals surface area (Å²) < 4.78 is 10.1. The van der Waals surface area contributed by atoms with Crippen LogP contribution in [0.15, 0.2) is 30.3 Å². The smallest absolute Gasteiger partial charge is 0.337 e. The van der Waals surface area contributed by atoms with Crippen LogP contribution >= 0.6 is 0 Å². The highest BCUT2D eigenvalue weighted by Crippen LogP contribution is 2.10. The number of para-hydroxylation sites is 1. The maximum Gasteiger partial charge on any atom is 0.337 e. The summed E-state index contributed by atoms with van der Waals surface area (Å²) in [6.07, 6.45) is 5.27. The Labute approximate surface area is 120 Å². The molecule has 0 spiro atoms. The van der Waals surface area contributed by atoms with Gasteiger partial charge in [0, 0.05) is 0 Å². The molecule has 1 aromatic carbocycles. The topological polar surface area (TPSA) is 55.8 Å². The number of benzene rings is 1. The van der Waals surface area contributed by atoms with Gasteiger partial charge >= 0.3 is 5.97 Å². The molecule has 0 aliphatic heterocycles. The summed E-state index contributed by atoms with van der Waals surface area (Å²) in [7, 11) is 0. The number of hydrogen-bond donors (Lipinski definition) is 1. The Morgan fingerprint density at radius 3 is 2.55 bits per heavy atom. The zero-order valence-electron chi connectivity index (χ0n) is 12.1. The number of hydrogen-bond acceptors (Lipinski definition) is 4. The van der Waals surface area contributed by atoms with Crippen LogP contribution in [0.3, 0.4) is 0 Å². The number of aliphatic hydroxyl groups is 1. The van der Waals surface area contributed by atoms with Gasteiger partial charge in [-0.1, -0.05) is 50.8 Å². The first-order valence-electron chi connectivity index (χ1n) is 7.27. The van der Waals surface area contributed by atoms with Crippen molar-refractivity contribution in [3.8, 4) is 5.75 Å². The Bertz CT molecular complexity index is 364. The molecule has 20 heavy (non-hydrogen) atoms. The quantitative estimate of drug-likeness (QED) is 0.309. The van der Waals surface area contributed by atoms with Crippen LogP contribution in [-0.4, -0.2) is 24.0 Å². The molecule has 1 aromatic rings. The van der Waals surface area contributed by atoms with Gasteiger partial charge in [-0.2, -0.15) is 0 Å². The summed E-state index contributed by atoms with van der Waals surface area (Å²) in [5, 5.41) is 9.59. The third-order valence-electron chi connectivity index (χ3n) is 2.92. The first kappa shape index (κ1) is 16.7.